The molecule has 72 valence electrons. The van der Waals surface area contributed by atoms with Crippen LogP contribution in [0.2, 0.25) is 0 Å². The molecule has 3 heteroatoms. The molecule has 0 saturated heterocycles. The van der Waals surface area contributed by atoms with Crippen LogP contribution in [0.1, 0.15) is 12.5 Å². The molecule has 0 amide bonds. The Labute approximate surface area is 92.6 Å². The zero-order chi connectivity index (χ0) is 9.84. The monoisotopic (exact) mass is 291 g/mol. The van der Waals surface area contributed by atoms with Gasteiger partial charge in [0, 0.05) is 6.04 Å². The summed E-state index contributed by atoms with van der Waals surface area (Å²) in [5.74, 6) is 0.929. The van der Waals surface area contributed by atoms with E-state index in [9.17, 15) is 0 Å². The molecule has 2 N–H and O–H groups in total. The Bertz CT molecular complexity index is 286. The molecule has 1 unspecified atom stereocenters. The standard InChI is InChI=1S/C10H14INO/c1-7(12)5-8-3-4-9(11)10(6-8)13-2/h3-4,6-7H,5,12H2,1-2H3. The summed E-state index contributed by atoms with van der Waals surface area (Å²) in [6.45, 7) is 2.00. The first-order chi connectivity index (χ1) is 6.13. The predicted molar refractivity (Wildman–Crippen MR) is 63.1 cm³/mol. The molecule has 0 aliphatic heterocycles. The van der Waals surface area contributed by atoms with Gasteiger partial charge in [0.15, 0.2) is 0 Å². The van der Waals surface area contributed by atoms with Gasteiger partial charge in [0.05, 0.1) is 10.7 Å². The van der Waals surface area contributed by atoms with Crippen LogP contribution in [0.4, 0.5) is 0 Å². The first kappa shape index (κ1) is 10.8. The Morgan fingerprint density at radius 1 is 1.54 bits per heavy atom. The van der Waals surface area contributed by atoms with E-state index in [-0.39, 0.29) is 6.04 Å². The van der Waals surface area contributed by atoms with Crippen molar-refractivity contribution in [3.8, 4) is 5.75 Å². The van der Waals surface area contributed by atoms with Crippen molar-refractivity contribution >= 4 is 22.6 Å². The Balaban J connectivity index is 2.86. The number of methoxy groups -OCH3 is 1. The third-order valence-electron chi connectivity index (χ3n) is 1.77. The van der Waals surface area contributed by atoms with E-state index in [1.165, 1.54) is 5.56 Å². The minimum absolute atomic E-state index is 0.199. The third kappa shape index (κ3) is 3.15. The first-order valence-corrected chi connectivity index (χ1v) is 5.29. The van der Waals surface area contributed by atoms with E-state index < -0.39 is 0 Å². The molecule has 0 heterocycles. The number of ether oxygens (including phenoxy) is 1. The summed E-state index contributed by atoms with van der Waals surface area (Å²) in [6, 6.07) is 6.39. The zero-order valence-electron chi connectivity index (χ0n) is 7.88. The van der Waals surface area contributed by atoms with Gasteiger partial charge in [-0.25, -0.2) is 0 Å². The summed E-state index contributed by atoms with van der Waals surface area (Å²) in [4.78, 5) is 0. The maximum absolute atomic E-state index is 5.71. The molecule has 1 aromatic carbocycles. The summed E-state index contributed by atoms with van der Waals surface area (Å²) < 4.78 is 6.35. The fraction of sp³-hybridized carbons (Fsp3) is 0.400. The average Bonchev–Trinajstić information content (AvgIpc) is 2.07. The summed E-state index contributed by atoms with van der Waals surface area (Å²) in [7, 11) is 1.69. The highest BCUT2D eigenvalue weighted by Gasteiger charge is 2.02. The lowest BCUT2D eigenvalue weighted by Crippen LogP contribution is -2.17. The Hall–Kier alpha value is -0.290. The summed E-state index contributed by atoms with van der Waals surface area (Å²) in [5, 5.41) is 0. The van der Waals surface area contributed by atoms with Crippen LogP contribution in [0.5, 0.6) is 5.75 Å². The lowest BCUT2D eigenvalue weighted by atomic mass is 10.1. The molecular weight excluding hydrogens is 277 g/mol. The van der Waals surface area contributed by atoms with Crippen LogP contribution < -0.4 is 10.5 Å². The van der Waals surface area contributed by atoms with Gasteiger partial charge in [-0.15, -0.1) is 0 Å². The highest BCUT2D eigenvalue weighted by molar-refractivity contribution is 14.1. The summed E-state index contributed by atoms with van der Waals surface area (Å²) in [5.41, 5.74) is 6.94. The molecule has 13 heavy (non-hydrogen) atoms. The van der Waals surface area contributed by atoms with Gasteiger partial charge in [-0.3, -0.25) is 0 Å². The van der Waals surface area contributed by atoms with Crippen LogP contribution in [0.15, 0.2) is 18.2 Å². The molecule has 0 spiro atoms. The first-order valence-electron chi connectivity index (χ1n) is 4.21. The number of hydrogen-bond donors (Lipinski definition) is 1. The van der Waals surface area contributed by atoms with Crippen molar-refractivity contribution in [3.63, 3.8) is 0 Å². The van der Waals surface area contributed by atoms with Gasteiger partial charge in [0.2, 0.25) is 0 Å². The molecule has 1 atom stereocenters. The molecule has 1 aromatic rings. The largest absolute Gasteiger partial charge is 0.496 e. The Kier molecular flexibility index (Phi) is 3.99. The maximum atomic E-state index is 5.71. The number of rotatable bonds is 3. The fourth-order valence-electron chi connectivity index (χ4n) is 1.20. The summed E-state index contributed by atoms with van der Waals surface area (Å²) >= 11 is 2.25. The minimum Gasteiger partial charge on any atom is -0.496 e. The van der Waals surface area contributed by atoms with E-state index >= 15 is 0 Å². The molecule has 0 bridgehead atoms. The number of nitrogens with two attached hydrogens (primary N) is 1. The number of halogens is 1. The lowest BCUT2D eigenvalue weighted by molar-refractivity contribution is 0.411. The van der Waals surface area contributed by atoms with Gasteiger partial charge < -0.3 is 10.5 Å². The van der Waals surface area contributed by atoms with Crippen molar-refractivity contribution < 1.29 is 4.74 Å². The average molecular weight is 291 g/mol. The van der Waals surface area contributed by atoms with Crippen LogP contribution in [-0.4, -0.2) is 13.2 Å². The van der Waals surface area contributed by atoms with Crippen molar-refractivity contribution in [2.24, 2.45) is 5.73 Å². The predicted octanol–water partition coefficient (Wildman–Crippen LogP) is 2.19. The number of hydrogen-bond acceptors (Lipinski definition) is 2. The van der Waals surface area contributed by atoms with E-state index in [0.717, 1.165) is 15.7 Å². The van der Waals surface area contributed by atoms with Crippen LogP contribution in [0.3, 0.4) is 0 Å². The van der Waals surface area contributed by atoms with Gasteiger partial charge in [-0.05, 0) is 53.6 Å². The van der Waals surface area contributed by atoms with Crippen LogP contribution in [-0.2, 0) is 6.42 Å². The molecular formula is C10H14INO. The van der Waals surface area contributed by atoms with E-state index in [4.69, 9.17) is 10.5 Å². The summed E-state index contributed by atoms with van der Waals surface area (Å²) in [6.07, 6.45) is 0.896. The van der Waals surface area contributed by atoms with E-state index in [1.54, 1.807) is 7.11 Å². The highest BCUT2D eigenvalue weighted by atomic mass is 127. The van der Waals surface area contributed by atoms with Crippen LogP contribution in [0.25, 0.3) is 0 Å². The Morgan fingerprint density at radius 3 is 2.77 bits per heavy atom. The van der Waals surface area contributed by atoms with Gasteiger partial charge in [0.1, 0.15) is 5.75 Å². The number of benzene rings is 1. The molecule has 0 aliphatic rings. The second-order valence-corrected chi connectivity index (χ2v) is 4.31. The SMILES string of the molecule is COc1cc(CC(C)N)ccc1I. The molecule has 0 saturated carbocycles. The van der Waals surface area contributed by atoms with Crippen molar-refractivity contribution in [2.75, 3.05) is 7.11 Å². The van der Waals surface area contributed by atoms with E-state index in [2.05, 4.69) is 34.7 Å². The van der Waals surface area contributed by atoms with Gasteiger partial charge in [-0.1, -0.05) is 6.07 Å². The van der Waals surface area contributed by atoms with Crippen molar-refractivity contribution in [1.82, 2.24) is 0 Å². The second-order valence-electron chi connectivity index (χ2n) is 3.15. The lowest BCUT2D eigenvalue weighted by Gasteiger charge is -2.08. The molecule has 0 radical (unpaired) electrons. The van der Waals surface area contributed by atoms with Crippen LogP contribution in [0, 0.1) is 3.57 Å². The van der Waals surface area contributed by atoms with E-state index in [0.29, 0.717) is 0 Å². The fourth-order valence-corrected chi connectivity index (χ4v) is 1.76. The van der Waals surface area contributed by atoms with E-state index in [1.807, 2.05) is 13.0 Å². The third-order valence-corrected chi connectivity index (χ3v) is 2.66. The molecule has 0 aromatic heterocycles. The zero-order valence-corrected chi connectivity index (χ0v) is 10.0. The van der Waals surface area contributed by atoms with Gasteiger partial charge in [0.25, 0.3) is 0 Å². The quantitative estimate of drug-likeness (QED) is 0.866. The molecule has 0 aliphatic carbocycles. The van der Waals surface area contributed by atoms with Crippen molar-refractivity contribution in [2.45, 2.75) is 19.4 Å². The molecule has 1 rings (SSSR count). The van der Waals surface area contributed by atoms with Gasteiger partial charge in [-0.2, -0.15) is 0 Å². The molecule has 2 nitrogen and oxygen atoms in total. The van der Waals surface area contributed by atoms with Crippen molar-refractivity contribution in [3.05, 3.63) is 27.3 Å². The smallest absolute Gasteiger partial charge is 0.132 e. The van der Waals surface area contributed by atoms with Crippen molar-refractivity contribution in [1.29, 1.82) is 0 Å². The topological polar surface area (TPSA) is 35.2 Å². The molecule has 0 fully saturated rings. The second kappa shape index (κ2) is 4.81. The Morgan fingerprint density at radius 2 is 2.23 bits per heavy atom. The normalized spacial score (nSPS) is 12.6. The van der Waals surface area contributed by atoms with Crippen LogP contribution >= 0.6 is 22.6 Å². The maximum Gasteiger partial charge on any atom is 0.132 e. The van der Waals surface area contributed by atoms with Gasteiger partial charge >= 0.3 is 0 Å². The highest BCUT2D eigenvalue weighted by Crippen LogP contribution is 2.22. The minimum atomic E-state index is 0.199.